The highest BCUT2D eigenvalue weighted by atomic mass is 35.5. The van der Waals surface area contributed by atoms with Gasteiger partial charge >= 0.3 is 11.9 Å². The second-order valence-corrected chi connectivity index (χ2v) is 7.02. The Bertz CT molecular complexity index is 392. The Labute approximate surface area is 124 Å². The van der Waals surface area contributed by atoms with Gasteiger partial charge < -0.3 is 9.47 Å². The Kier molecular flexibility index (Phi) is 3.80. The monoisotopic (exact) mass is 300 g/mol. The van der Waals surface area contributed by atoms with Gasteiger partial charge in [-0.05, 0) is 62.7 Å². The lowest BCUT2D eigenvalue weighted by atomic mass is 9.50. The molecule has 0 heterocycles. The standard InChI is InChI=1S/C15H21ClO4/c1-15(19-8-14(18)20-13(17)7-16)11-3-9-2-10(5-11)6-12(15)4-9/h9-12H,2-8H2,1H3. The third-order valence-electron chi connectivity index (χ3n) is 5.60. The van der Waals surface area contributed by atoms with Crippen molar-refractivity contribution in [1.82, 2.24) is 0 Å². The number of ether oxygens (including phenoxy) is 2. The number of carbonyl (C=O) groups excluding carboxylic acids is 2. The zero-order chi connectivity index (χ0) is 14.3. The van der Waals surface area contributed by atoms with Gasteiger partial charge in [-0.3, -0.25) is 4.79 Å². The summed E-state index contributed by atoms with van der Waals surface area (Å²) in [7, 11) is 0. The van der Waals surface area contributed by atoms with E-state index in [2.05, 4.69) is 11.7 Å². The Balaban J connectivity index is 1.59. The van der Waals surface area contributed by atoms with Gasteiger partial charge in [-0.15, -0.1) is 11.6 Å². The molecular weight excluding hydrogens is 280 g/mol. The summed E-state index contributed by atoms with van der Waals surface area (Å²) in [5.74, 6) is 1.17. The van der Waals surface area contributed by atoms with Crippen molar-refractivity contribution in [2.24, 2.45) is 23.7 Å². The average molecular weight is 301 g/mol. The fourth-order valence-electron chi connectivity index (χ4n) is 4.75. The van der Waals surface area contributed by atoms with Crippen LogP contribution in [0, 0.1) is 23.7 Å². The van der Waals surface area contributed by atoms with E-state index in [-0.39, 0.29) is 18.1 Å². The number of carbonyl (C=O) groups is 2. The van der Waals surface area contributed by atoms with Crippen LogP contribution in [-0.2, 0) is 19.1 Å². The zero-order valence-corrected chi connectivity index (χ0v) is 12.5. The van der Waals surface area contributed by atoms with Crippen LogP contribution in [0.1, 0.15) is 39.0 Å². The predicted molar refractivity (Wildman–Crippen MR) is 73.2 cm³/mol. The van der Waals surface area contributed by atoms with Crippen LogP contribution in [0.4, 0.5) is 0 Å². The van der Waals surface area contributed by atoms with Crippen LogP contribution in [0.3, 0.4) is 0 Å². The fraction of sp³-hybridized carbons (Fsp3) is 0.867. The van der Waals surface area contributed by atoms with E-state index in [0.717, 1.165) is 11.8 Å². The highest BCUT2D eigenvalue weighted by Gasteiger charge is 2.55. The minimum Gasteiger partial charge on any atom is -0.391 e. The molecule has 5 heteroatoms. The van der Waals surface area contributed by atoms with Crippen molar-refractivity contribution in [3.05, 3.63) is 0 Å². The van der Waals surface area contributed by atoms with Crippen LogP contribution in [0.5, 0.6) is 0 Å². The van der Waals surface area contributed by atoms with Crippen molar-refractivity contribution >= 4 is 23.5 Å². The first-order valence-corrected chi connectivity index (χ1v) is 7.98. The first kappa shape index (κ1) is 14.3. The molecule has 0 aliphatic heterocycles. The van der Waals surface area contributed by atoms with Crippen LogP contribution < -0.4 is 0 Å². The molecule has 4 rings (SSSR count). The van der Waals surface area contributed by atoms with Crippen molar-refractivity contribution in [1.29, 1.82) is 0 Å². The van der Waals surface area contributed by atoms with Crippen molar-refractivity contribution in [3.63, 3.8) is 0 Å². The van der Waals surface area contributed by atoms with Gasteiger partial charge in [0.1, 0.15) is 12.5 Å². The van der Waals surface area contributed by atoms with Crippen molar-refractivity contribution < 1.29 is 19.1 Å². The van der Waals surface area contributed by atoms with Gasteiger partial charge in [-0.2, -0.15) is 0 Å². The van der Waals surface area contributed by atoms with Crippen molar-refractivity contribution in [2.45, 2.75) is 44.6 Å². The molecule has 0 aromatic carbocycles. The molecule has 0 saturated heterocycles. The van der Waals surface area contributed by atoms with Crippen LogP contribution >= 0.6 is 11.6 Å². The Morgan fingerprint density at radius 1 is 1.05 bits per heavy atom. The number of hydrogen-bond acceptors (Lipinski definition) is 4. The summed E-state index contributed by atoms with van der Waals surface area (Å²) >= 11 is 5.30. The zero-order valence-electron chi connectivity index (χ0n) is 11.8. The van der Waals surface area contributed by atoms with Crippen molar-refractivity contribution in [2.75, 3.05) is 12.5 Å². The summed E-state index contributed by atoms with van der Waals surface area (Å²) in [5, 5.41) is 0. The minimum absolute atomic E-state index is 0.151. The van der Waals surface area contributed by atoms with E-state index in [0.29, 0.717) is 11.8 Å². The molecule has 4 bridgehead atoms. The summed E-state index contributed by atoms with van der Waals surface area (Å²) in [6, 6.07) is 0. The summed E-state index contributed by atoms with van der Waals surface area (Å²) < 4.78 is 10.5. The Morgan fingerprint density at radius 3 is 2.10 bits per heavy atom. The third-order valence-corrected chi connectivity index (χ3v) is 5.82. The van der Waals surface area contributed by atoms with Gasteiger partial charge in [0, 0.05) is 0 Å². The van der Waals surface area contributed by atoms with Gasteiger partial charge in [0.25, 0.3) is 0 Å². The molecule has 0 atom stereocenters. The Hall–Kier alpha value is -0.610. The summed E-state index contributed by atoms with van der Waals surface area (Å²) in [6.45, 7) is 1.98. The molecule has 4 nitrogen and oxygen atoms in total. The van der Waals surface area contributed by atoms with E-state index in [1.165, 1.54) is 32.1 Å². The average Bonchev–Trinajstić information content (AvgIpc) is 2.42. The summed E-state index contributed by atoms with van der Waals surface area (Å²) in [4.78, 5) is 22.5. The number of alkyl halides is 1. The lowest BCUT2D eigenvalue weighted by molar-refractivity contribution is -0.202. The smallest absolute Gasteiger partial charge is 0.339 e. The molecular formula is C15H21ClO4. The molecule has 4 saturated carbocycles. The molecule has 112 valence electrons. The second kappa shape index (κ2) is 5.30. The molecule has 0 aromatic rings. The fourth-order valence-corrected chi connectivity index (χ4v) is 4.81. The number of esters is 2. The SMILES string of the molecule is CC1(OCC(=O)OC(=O)CCl)C2CC3CC(C2)CC1C3. The number of halogens is 1. The Morgan fingerprint density at radius 2 is 1.60 bits per heavy atom. The molecule has 0 aromatic heterocycles. The molecule has 4 aliphatic carbocycles. The maximum atomic E-state index is 11.6. The van der Waals surface area contributed by atoms with Gasteiger partial charge in [0.05, 0.1) is 5.60 Å². The second-order valence-electron chi connectivity index (χ2n) is 6.76. The first-order valence-electron chi connectivity index (χ1n) is 7.44. The number of hydrogen-bond donors (Lipinski definition) is 0. The van der Waals surface area contributed by atoms with Gasteiger partial charge in [-0.1, -0.05) is 0 Å². The van der Waals surface area contributed by atoms with Crippen molar-refractivity contribution in [3.8, 4) is 0 Å². The predicted octanol–water partition coefficient (Wildman–Crippen LogP) is 2.53. The highest BCUT2D eigenvalue weighted by Crippen LogP contribution is 2.59. The lowest BCUT2D eigenvalue weighted by Gasteiger charge is -2.59. The molecule has 0 N–H and O–H groups in total. The topological polar surface area (TPSA) is 52.6 Å². The molecule has 4 fully saturated rings. The molecule has 0 radical (unpaired) electrons. The van der Waals surface area contributed by atoms with E-state index >= 15 is 0 Å². The quantitative estimate of drug-likeness (QED) is 0.455. The van der Waals surface area contributed by atoms with E-state index < -0.39 is 11.9 Å². The van der Waals surface area contributed by atoms with E-state index in [4.69, 9.17) is 16.3 Å². The molecule has 0 spiro atoms. The summed E-state index contributed by atoms with van der Waals surface area (Å²) in [5.41, 5.74) is -0.226. The van der Waals surface area contributed by atoms with E-state index in [9.17, 15) is 9.59 Å². The van der Waals surface area contributed by atoms with Gasteiger partial charge in [-0.25, -0.2) is 4.79 Å². The molecule has 0 unspecified atom stereocenters. The van der Waals surface area contributed by atoms with Gasteiger partial charge in [0.2, 0.25) is 0 Å². The maximum absolute atomic E-state index is 11.6. The molecule has 20 heavy (non-hydrogen) atoms. The van der Waals surface area contributed by atoms with Gasteiger partial charge in [0.15, 0.2) is 0 Å². The molecule has 0 amide bonds. The van der Waals surface area contributed by atoms with Crippen LogP contribution in [0.2, 0.25) is 0 Å². The van der Waals surface area contributed by atoms with Crippen LogP contribution in [0.15, 0.2) is 0 Å². The largest absolute Gasteiger partial charge is 0.391 e. The molecule has 4 aliphatic rings. The van der Waals surface area contributed by atoms with E-state index in [1.54, 1.807) is 0 Å². The summed E-state index contributed by atoms with van der Waals surface area (Å²) in [6.07, 6.45) is 6.27. The minimum atomic E-state index is -0.712. The normalized spacial score (nSPS) is 41.7. The van der Waals surface area contributed by atoms with E-state index in [1.807, 2.05) is 0 Å². The first-order chi connectivity index (χ1) is 9.51. The third kappa shape index (κ3) is 2.48. The highest BCUT2D eigenvalue weighted by molar-refractivity contribution is 6.27. The maximum Gasteiger partial charge on any atom is 0.339 e. The number of rotatable bonds is 4. The lowest BCUT2D eigenvalue weighted by Crippen LogP contribution is -2.57. The van der Waals surface area contributed by atoms with Crippen LogP contribution in [-0.4, -0.2) is 30.0 Å². The van der Waals surface area contributed by atoms with Crippen LogP contribution in [0.25, 0.3) is 0 Å².